The Bertz CT molecular complexity index is 1160. The summed E-state index contributed by atoms with van der Waals surface area (Å²) < 4.78 is 32.2. The first-order valence-corrected chi connectivity index (χ1v) is 11.5. The number of sulfonamides is 1. The van der Waals surface area contributed by atoms with Crippen LogP contribution in [0.5, 0.6) is 0 Å². The first kappa shape index (κ1) is 21.4. The Morgan fingerprint density at radius 3 is 2.65 bits per heavy atom. The number of aryl methyl sites for hydroxylation is 1. The van der Waals surface area contributed by atoms with Crippen LogP contribution in [0, 0.1) is 0 Å². The standard InChI is InChI=1S/C20H20ClN5O4S/c21-16-4-1-5-17(13-16)31(28,29)26-11-9-25(10-12-26)19(27)7-6-18-23-20(24-30-18)15-3-2-8-22-14-15/h1-5,8,13-14H,6-7,9-12H2. The quantitative estimate of drug-likeness (QED) is 0.553. The molecular formula is C20H20ClN5O4S. The molecule has 1 aliphatic rings. The average Bonchev–Trinajstić information content (AvgIpc) is 3.27. The van der Waals surface area contributed by atoms with Crippen LogP contribution in [0.1, 0.15) is 12.3 Å². The van der Waals surface area contributed by atoms with Gasteiger partial charge in [0.15, 0.2) is 0 Å². The summed E-state index contributed by atoms with van der Waals surface area (Å²) in [6, 6.07) is 9.78. The number of hydrogen-bond acceptors (Lipinski definition) is 7. The highest BCUT2D eigenvalue weighted by molar-refractivity contribution is 7.89. The van der Waals surface area contributed by atoms with Crippen LogP contribution in [-0.2, 0) is 21.2 Å². The molecule has 4 rings (SSSR count). The van der Waals surface area contributed by atoms with E-state index in [4.69, 9.17) is 16.1 Å². The van der Waals surface area contributed by atoms with Crippen molar-refractivity contribution < 1.29 is 17.7 Å². The minimum absolute atomic E-state index is 0.0825. The molecule has 3 aromatic rings. The molecule has 0 saturated carbocycles. The Kier molecular flexibility index (Phi) is 6.30. The van der Waals surface area contributed by atoms with Crippen LogP contribution in [0.2, 0.25) is 5.02 Å². The Labute approximate surface area is 184 Å². The van der Waals surface area contributed by atoms with Crippen LogP contribution < -0.4 is 0 Å². The van der Waals surface area contributed by atoms with E-state index >= 15 is 0 Å². The van der Waals surface area contributed by atoms with Gasteiger partial charge in [0.25, 0.3) is 0 Å². The number of halogens is 1. The molecular weight excluding hydrogens is 442 g/mol. The Hall–Kier alpha value is -2.82. The molecule has 1 aromatic carbocycles. The third kappa shape index (κ3) is 4.92. The summed E-state index contributed by atoms with van der Waals surface area (Å²) in [6.45, 7) is 1.10. The zero-order valence-corrected chi connectivity index (χ0v) is 18.1. The molecule has 1 saturated heterocycles. The highest BCUT2D eigenvalue weighted by Crippen LogP contribution is 2.21. The SMILES string of the molecule is O=C(CCc1nc(-c2cccnc2)no1)N1CCN(S(=O)(=O)c2cccc(Cl)c2)CC1. The zero-order chi connectivity index (χ0) is 21.8. The van der Waals surface area contributed by atoms with Gasteiger partial charge in [0.1, 0.15) is 0 Å². The van der Waals surface area contributed by atoms with Crippen molar-refractivity contribution >= 4 is 27.5 Å². The van der Waals surface area contributed by atoms with Gasteiger partial charge in [0.2, 0.25) is 27.6 Å². The Morgan fingerprint density at radius 1 is 1.13 bits per heavy atom. The summed E-state index contributed by atoms with van der Waals surface area (Å²) in [4.78, 5) is 22.7. The van der Waals surface area contributed by atoms with Crippen molar-refractivity contribution in [2.45, 2.75) is 17.7 Å². The van der Waals surface area contributed by atoms with Crippen LogP contribution in [0.25, 0.3) is 11.4 Å². The molecule has 0 bridgehead atoms. The lowest BCUT2D eigenvalue weighted by molar-refractivity contribution is -0.132. The number of carbonyl (C=O) groups is 1. The molecule has 0 atom stereocenters. The molecule has 0 radical (unpaired) electrons. The number of hydrogen-bond donors (Lipinski definition) is 0. The number of amides is 1. The molecule has 3 heterocycles. The number of carbonyl (C=O) groups excluding carboxylic acids is 1. The molecule has 2 aromatic heterocycles. The molecule has 0 unspecified atom stereocenters. The maximum absolute atomic E-state index is 12.8. The van der Waals surface area contributed by atoms with E-state index in [9.17, 15) is 13.2 Å². The van der Waals surface area contributed by atoms with Crippen LogP contribution >= 0.6 is 11.6 Å². The maximum Gasteiger partial charge on any atom is 0.243 e. The van der Waals surface area contributed by atoms with E-state index in [1.54, 1.807) is 35.5 Å². The van der Waals surface area contributed by atoms with Crippen molar-refractivity contribution in [2.75, 3.05) is 26.2 Å². The lowest BCUT2D eigenvalue weighted by Gasteiger charge is -2.34. The van der Waals surface area contributed by atoms with Crippen molar-refractivity contribution in [3.8, 4) is 11.4 Å². The average molecular weight is 462 g/mol. The number of piperazine rings is 1. The van der Waals surface area contributed by atoms with Gasteiger partial charge in [-0.2, -0.15) is 9.29 Å². The van der Waals surface area contributed by atoms with Crippen LogP contribution in [0.15, 0.2) is 58.2 Å². The van der Waals surface area contributed by atoms with Gasteiger partial charge >= 0.3 is 0 Å². The van der Waals surface area contributed by atoms with E-state index in [0.29, 0.717) is 36.2 Å². The van der Waals surface area contributed by atoms with Crippen molar-refractivity contribution in [1.82, 2.24) is 24.3 Å². The number of rotatable bonds is 6. The van der Waals surface area contributed by atoms with Gasteiger partial charge in [-0.25, -0.2) is 8.42 Å². The third-order valence-corrected chi connectivity index (χ3v) is 7.10. The van der Waals surface area contributed by atoms with Crippen LogP contribution in [0.4, 0.5) is 0 Å². The molecule has 11 heteroatoms. The summed E-state index contributed by atoms with van der Waals surface area (Å²) in [5.41, 5.74) is 0.737. The number of nitrogens with zero attached hydrogens (tertiary/aromatic N) is 5. The van der Waals surface area contributed by atoms with E-state index in [-0.39, 0.29) is 30.3 Å². The predicted octanol–water partition coefficient (Wildman–Crippen LogP) is 2.25. The fourth-order valence-electron chi connectivity index (χ4n) is 3.30. The normalized spacial score (nSPS) is 15.2. The summed E-state index contributed by atoms with van der Waals surface area (Å²) >= 11 is 5.92. The highest BCUT2D eigenvalue weighted by Gasteiger charge is 2.30. The van der Waals surface area contributed by atoms with E-state index in [2.05, 4.69) is 15.1 Å². The number of pyridine rings is 1. The number of benzene rings is 1. The molecule has 0 aliphatic carbocycles. The van der Waals surface area contributed by atoms with Crippen LogP contribution in [-0.4, -0.2) is 64.8 Å². The van der Waals surface area contributed by atoms with E-state index in [0.717, 1.165) is 5.56 Å². The summed E-state index contributed by atoms with van der Waals surface area (Å²) in [5, 5.41) is 4.28. The third-order valence-electron chi connectivity index (χ3n) is 4.97. The molecule has 31 heavy (non-hydrogen) atoms. The monoisotopic (exact) mass is 461 g/mol. The predicted molar refractivity (Wildman–Crippen MR) is 113 cm³/mol. The summed E-state index contributed by atoms with van der Waals surface area (Å²) in [5.74, 6) is 0.714. The first-order valence-electron chi connectivity index (χ1n) is 9.70. The molecule has 9 nitrogen and oxygen atoms in total. The van der Waals surface area contributed by atoms with Gasteiger partial charge < -0.3 is 9.42 Å². The van der Waals surface area contributed by atoms with E-state index in [1.165, 1.54) is 16.4 Å². The second kappa shape index (κ2) is 9.13. The lowest BCUT2D eigenvalue weighted by Crippen LogP contribution is -2.50. The number of aromatic nitrogens is 3. The molecule has 162 valence electrons. The zero-order valence-electron chi connectivity index (χ0n) is 16.5. The smallest absolute Gasteiger partial charge is 0.243 e. The lowest BCUT2D eigenvalue weighted by atomic mass is 10.2. The Morgan fingerprint density at radius 2 is 1.94 bits per heavy atom. The minimum atomic E-state index is -3.64. The molecule has 0 spiro atoms. The fraction of sp³-hybridized carbons (Fsp3) is 0.300. The van der Waals surface area contributed by atoms with Gasteiger partial charge in [-0.15, -0.1) is 0 Å². The topological polar surface area (TPSA) is 109 Å². The summed E-state index contributed by atoms with van der Waals surface area (Å²) in [6.07, 6.45) is 3.81. The van der Waals surface area contributed by atoms with Crippen molar-refractivity contribution in [1.29, 1.82) is 0 Å². The molecule has 1 fully saturated rings. The van der Waals surface area contributed by atoms with Crippen molar-refractivity contribution in [3.05, 3.63) is 59.7 Å². The maximum atomic E-state index is 12.8. The molecule has 1 amide bonds. The highest BCUT2D eigenvalue weighted by atomic mass is 35.5. The first-order chi connectivity index (χ1) is 14.9. The van der Waals surface area contributed by atoms with Crippen molar-refractivity contribution in [2.24, 2.45) is 0 Å². The van der Waals surface area contributed by atoms with Gasteiger partial charge in [-0.1, -0.05) is 22.8 Å². The second-order valence-electron chi connectivity index (χ2n) is 7.00. The Balaban J connectivity index is 1.30. The second-order valence-corrected chi connectivity index (χ2v) is 9.37. The van der Waals surface area contributed by atoms with Crippen LogP contribution in [0.3, 0.4) is 0 Å². The van der Waals surface area contributed by atoms with Gasteiger partial charge in [-0.05, 0) is 30.3 Å². The van der Waals surface area contributed by atoms with E-state index < -0.39 is 10.0 Å². The fourth-order valence-corrected chi connectivity index (χ4v) is 5.02. The molecule has 0 N–H and O–H groups in total. The van der Waals surface area contributed by atoms with Gasteiger partial charge in [-0.3, -0.25) is 9.78 Å². The molecule has 1 aliphatic heterocycles. The van der Waals surface area contributed by atoms with Gasteiger partial charge in [0.05, 0.1) is 4.90 Å². The van der Waals surface area contributed by atoms with Gasteiger partial charge in [0, 0.05) is 62.0 Å². The summed E-state index contributed by atoms with van der Waals surface area (Å²) in [7, 11) is -3.64. The minimum Gasteiger partial charge on any atom is -0.340 e. The van der Waals surface area contributed by atoms with E-state index in [1.807, 2.05) is 6.07 Å². The largest absolute Gasteiger partial charge is 0.340 e. The van der Waals surface area contributed by atoms with Crippen molar-refractivity contribution in [3.63, 3.8) is 0 Å².